The Morgan fingerprint density at radius 3 is 1.48 bits per heavy atom. The van der Waals surface area contributed by atoms with Gasteiger partial charge in [-0.25, -0.2) is 0 Å². The zero-order valence-electron chi connectivity index (χ0n) is 22.6. The highest BCUT2D eigenvalue weighted by Crippen LogP contribution is 2.64. The van der Waals surface area contributed by atoms with Crippen LogP contribution in [0.25, 0.3) is 0 Å². The van der Waals surface area contributed by atoms with Crippen molar-refractivity contribution in [2.24, 2.45) is 23.2 Å². The molecule has 1 nitrogen and oxygen atoms in total. The molecule has 4 rings (SSSR count). The van der Waals surface area contributed by atoms with Gasteiger partial charge in [-0.2, -0.15) is 0 Å². The fourth-order valence-corrected chi connectivity index (χ4v) is 58.0. The van der Waals surface area contributed by atoms with Gasteiger partial charge in [0, 0.05) is 20.9 Å². The molecule has 0 radical (unpaired) electrons. The Balaban J connectivity index is 2.23. The van der Waals surface area contributed by atoms with E-state index in [1.54, 1.807) is 0 Å². The Labute approximate surface area is 198 Å². The van der Waals surface area contributed by atoms with Gasteiger partial charge in [-0.3, -0.25) is 0 Å². The molecule has 178 valence electrons. The summed E-state index contributed by atoms with van der Waals surface area (Å²) in [6.07, 6.45) is 8.97. The molecule has 4 aliphatic carbocycles. The van der Waals surface area contributed by atoms with Crippen molar-refractivity contribution in [2.45, 2.75) is 116 Å². The molecular formula is C26H52OSi4. The Hall–Kier alpha value is 0.308. The van der Waals surface area contributed by atoms with Gasteiger partial charge >= 0.3 is 0 Å². The van der Waals surface area contributed by atoms with Gasteiger partial charge in [0.05, 0.1) is 7.11 Å². The van der Waals surface area contributed by atoms with Crippen molar-refractivity contribution >= 4 is 30.6 Å². The largest absolute Gasteiger partial charge is 0.418 e. The highest BCUT2D eigenvalue weighted by Gasteiger charge is 2.67. The first-order valence-electron chi connectivity index (χ1n) is 12.9. The highest BCUT2D eigenvalue weighted by molar-refractivity contribution is 7.69. The Morgan fingerprint density at radius 2 is 1.19 bits per heavy atom. The van der Waals surface area contributed by atoms with Gasteiger partial charge in [0.25, 0.3) is 0 Å². The van der Waals surface area contributed by atoms with Crippen LogP contribution in [0, 0.1) is 23.2 Å². The van der Waals surface area contributed by atoms with E-state index in [1.165, 1.54) is 55.7 Å². The molecule has 4 aliphatic rings. The molecule has 0 N–H and O–H groups in total. The molecule has 1 unspecified atom stereocenters. The molecule has 0 heterocycles. The van der Waals surface area contributed by atoms with E-state index in [2.05, 4.69) is 79.0 Å². The lowest BCUT2D eigenvalue weighted by Crippen LogP contribution is -2.82. The normalized spacial score (nSPS) is 32.3. The third kappa shape index (κ3) is 4.78. The van der Waals surface area contributed by atoms with Gasteiger partial charge in [-0.05, 0) is 94.3 Å². The fourth-order valence-electron chi connectivity index (χ4n) is 8.62. The molecule has 4 bridgehead atoms. The molecule has 0 aromatic heterocycles. The first kappa shape index (κ1) is 25.9. The van der Waals surface area contributed by atoms with Crippen LogP contribution in [0.5, 0.6) is 0 Å². The second-order valence-electron chi connectivity index (χ2n) is 14.9. The lowest BCUT2D eigenvalue weighted by Gasteiger charge is -2.67. The molecular weight excluding hydrogens is 441 g/mol. The van der Waals surface area contributed by atoms with Crippen molar-refractivity contribution in [3.8, 4) is 0 Å². The van der Waals surface area contributed by atoms with Crippen LogP contribution in [-0.4, -0.2) is 36.3 Å². The van der Waals surface area contributed by atoms with E-state index in [9.17, 15) is 0 Å². The molecule has 4 fully saturated rings. The summed E-state index contributed by atoms with van der Waals surface area (Å²) in [5.41, 5.74) is 3.59. The molecule has 0 spiro atoms. The van der Waals surface area contributed by atoms with E-state index in [1.807, 2.05) is 0 Å². The number of allylic oxidation sites excluding steroid dienone is 2. The smallest absolute Gasteiger partial charge is 0.183 e. The molecule has 5 heteroatoms. The predicted molar refractivity (Wildman–Crippen MR) is 150 cm³/mol. The fraction of sp³-hybridized carbons (Fsp3) is 0.846. The molecule has 0 saturated heterocycles. The monoisotopic (exact) mass is 492 g/mol. The van der Waals surface area contributed by atoms with Gasteiger partial charge in [-0.1, -0.05) is 63.6 Å². The molecule has 0 aliphatic heterocycles. The number of rotatable bonds is 9. The molecule has 31 heavy (non-hydrogen) atoms. The summed E-state index contributed by atoms with van der Waals surface area (Å²) in [7, 11) is -6.51. The summed E-state index contributed by atoms with van der Waals surface area (Å²) >= 11 is 0. The van der Waals surface area contributed by atoms with Crippen LogP contribution in [0.15, 0.2) is 24.3 Å². The van der Waals surface area contributed by atoms with Crippen LogP contribution in [0.1, 0.15) is 45.4 Å². The minimum absolute atomic E-state index is 0.469. The third-order valence-corrected chi connectivity index (χ3v) is 50.7. The number of hydrogen-bond acceptors (Lipinski definition) is 1. The van der Waals surface area contributed by atoms with Crippen LogP contribution >= 0.6 is 0 Å². The van der Waals surface area contributed by atoms with Crippen LogP contribution in [0.4, 0.5) is 0 Å². The first-order valence-corrected chi connectivity index (χ1v) is 27.6. The van der Waals surface area contributed by atoms with Gasteiger partial charge in [0.2, 0.25) is 0 Å². The van der Waals surface area contributed by atoms with E-state index in [4.69, 9.17) is 4.43 Å². The van der Waals surface area contributed by atoms with Gasteiger partial charge in [-0.15, -0.1) is 0 Å². The average molecular weight is 493 g/mol. The summed E-state index contributed by atoms with van der Waals surface area (Å²) in [6, 6.07) is 1.25. The molecule has 4 saturated carbocycles. The minimum atomic E-state index is -1.82. The SMILES string of the molecule is C=C(C)C(=C)C[Si](C(O[Si](C)(C)C)C12CC3CC(CC(C3)C1)C2)([Si](C)(C)C)[Si](C)(C)C. The van der Waals surface area contributed by atoms with Crippen LogP contribution in [0.2, 0.25) is 65.0 Å². The summed E-state index contributed by atoms with van der Waals surface area (Å²) in [6.45, 7) is 34.8. The van der Waals surface area contributed by atoms with Crippen LogP contribution < -0.4 is 0 Å². The first-order chi connectivity index (χ1) is 13.9. The van der Waals surface area contributed by atoms with Crippen molar-refractivity contribution < 1.29 is 4.43 Å². The maximum atomic E-state index is 7.62. The Morgan fingerprint density at radius 1 is 0.806 bits per heavy atom. The Kier molecular flexibility index (Phi) is 6.87. The average Bonchev–Trinajstić information content (AvgIpc) is 2.53. The highest BCUT2D eigenvalue weighted by atomic mass is 29.6. The predicted octanol–water partition coefficient (Wildman–Crippen LogP) is 8.38. The third-order valence-electron chi connectivity index (χ3n) is 9.33. The topological polar surface area (TPSA) is 9.23 Å². The molecule has 0 aromatic carbocycles. The summed E-state index contributed by atoms with van der Waals surface area (Å²) < 4.78 is 7.62. The zero-order chi connectivity index (χ0) is 23.6. The van der Waals surface area contributed by atoms with Crippen molar-refractivity contribution in [1.82, 2.24) is 0 Å². The van der Waals surface area contributed by atoms with Crippen LogP contribution in [-0.2, 0) is 4.43 Å². The maximum absolute atomic E-state index is 7.62. The number of hydrogen-bond donors (Lipinski definition) is 0. The van der Waals surface area contributed by atoms with Gasteiger partial charge < -0.3 is 4.43 Å². The van der Waals surface area contributed by atoms with Crippen LogP contribution in [0.3, 0.4) is 0 Å². The van der Waals surface area contributed by atoms with Crippen molar-refractivity contribution in [1.29, 1.82) is 0 Å². The van der Waals surface area contributed by atoms with Crippen molar-refractivity contribution in [3.05, 3.63) is 24.3 Å². The van der Waals surface area contributed by atoms with E-state index in [0.29, 0.717) is 11.1 Å². The lowest BCUT2D eigenvalue weighted by atomic mass is 9.50. The van der Waals surface area contributed by atoms with E-state index in [-0.39, 0.29) is 0 Å². The summed E-state index contributed by atoms with van der Waals surface area (Å²) in [4.78, 5) is 0. The summed E-state index contributed by atoms with van der Waals surface area (Å²) in [5, 5.41) is 0. The van der Waals surface area contributed by atoms with Crippen molar-refractivity contribution in [3.63, 3.8) is 0 Å². The van der Waals surface area contributed by atoms with Gasteiger partial charge in [0.1, 0.15) is 0 Å². The van der Waals surface area contributed by atoms with E-state index < -0.39 is 30.6 Å². The quantitative estimate of drug-likeness (QED) is 0.232. The zero-order valence-corrected chi connectivity index (χ0v) is 26.6. The van der Waals surface area contributed by atoms with Gasteiger partial charge in [0.15, 0.2) is 8.32 Å². The second kappa shape index (κ2) is 8.21. The summed E-state index contributed by atoms with van der Waals surface area (Å²) in [5.74, 6) is 2.95. The molecule has 0 aromatic rings. The second-order valence-corrected chi connectivity index (χ2v) is 47.1. The maximum Gasteiger partial charge on any atom is 0.183 e. The molecule has 1 atom stereocenters. The Bertz CT molecular complexity index is 670. The minimum Gasteiger partial charge on any atom is -0.418 e. The molecule has 0 amide bonds. The van der Waals surface area contributed by atoms with Crippen molar-refractivity contribution in [2.75, 3.05) is 0 Å². The van der Waals surface area contributed by atoms with E-state index >= 15 is 0 Å². The standard InChI is InChI=1S/C26H52OSi4/c1-20(2)21(3)19-31(29(7,8)9,30(10,11)12)25(27-28(4,5)6)26-16-22-13-23(17-26)15-24(14-22)18-26/h22-25H,1,3,13-19H2,2,4-12H3. The lowest BCUT2D eigenvalue weighted by molar-refractivity contribution is -0.0914. The van der Waals surface area contributed by atoms with E-state index in [0.717, 1.165) is 17.8 Å².